The predicted octanol–water partition coefficient (Wildman–Crippen LogP) is 1.23. The van der Waals surface area contributed by atoms with Gasteiger partial charge in [0.05, 0.1) is 25.5 Å². The van der Waals surface area contributed by atoms with Crippen LogP contribution in [-0.2, 0) is 11.3 Å². The maximum absolute atomic E-state index is 5.34. The minimum Gasteiger partial charge on any atom is -0.379 e. The Morgan fingerprint density at radius 1 is 1.04 bits per heavy atom. The van der Waals surface area contributed by atoms with Gasteiger partial charge < -0.3 is 15.4 Å². The van der Waals surface area contributed by atoms with Crippen molar-refractivity contribution in [1.29, 1.82) is 0 Å². The number of aromatic nitrogens is 3. The summed E-state index contributed by atoms with van der Waals surface area (Å²) in [7, 11) is 0. The highest BCUT2D eigenvalue weighted by Crippen LogP contribution is 2.07. The Kier molecular flexibility index (Phi) is 5.71. The molecule has 1 fully saturated rings. The highest BCUT2D eigenvalue weighted by Gasteiger charge is 2.09. The predicted molar refractivity (Wildman–Crippen MR) is 89.3 cm³/mol. The average Bonchev–Trinajstić information content (AvgIpc) is 2.62. The van der Waals surface area contributed by atoms with Crippen molar-refractivity contribution < 1.29 is 4.74 Å². The zero-order valence-electron chi connectivity index (χ0n) is 13.1. The molecule has 0 saturated carbocycles. The minimum atomic E-state index is 0.643. The lowest BCUT2D eigenvalue weighted by Gasteiger charge is -2.26. The Hall–Kier alpha value is -2.25. The molecule has 7 nitrogen and oxygen atoms in total. The zero-order chi connectivity index (χ0) is 15.7. The molecule has 0 radical (unpaired) electrons. The van der Waals surface area contributed by atoms with Crippen molar-refractivity contribution in [2.75, 3.05) is 50.0 Å². The number of rotatable bonds is 7. The van der Waals surface area contributed by atoms with Crippen LogP contribution in [0.1, 0.15) is 5.69 Å². The molecule has 1 aliphatic heterocycles. The van der Waals surface area contributed by atoms with E-state index in [1.165, 1.54) is 0 Å². The van der Waals surface area contributed by atoms with Gasteiger partial charge in [0, 0.05) is 38.6 Å². The van der Waals surface area contributed by atoms with E-state index in [0.717, 1.165) is 50.9 Å². The molecule has 0 amide bonds. The van der Waals surface area contributed by atoms with Crippen LogP contribution in [0.4, 0.5) is 11.8 Å². The number of morpholine rings is 1. The van der Waals surface area contributed by atoms with Gasteiger partial charge in [-0.1, -0.05) is 6.07 Å². The van der Waals surface area contributed by atoms with E-state index in [-0.39, 0.29) is 0 Å². The third-order valence-corrected chi connectivity index (χ3v) is 3.65. The fraction of sp³-hybridized carbons (Fsp3) is 0.438. The maximum Gasteiger partial charge on any atom is 0.224 e. The van der Waals surface area contributed by atoms with Crippen LogP contribution in [-0.4, -0.2) is 59.2 Å². The fourth-order valence-corrected chi connectivity index (χ4v) is 2.38. The van der Waals surface area contributed by atoms with Crippen LogP contribution < -0.4 is 10.6 Å². The van der Waals surface area contributed by atoms with Gasteiger partial charge in [0.15, 0.2) is 0 Å². The summed E-state index contributed by atoms with van der Waals surface area (Å²) in [5, 5.41) is 6.53. The Labute approximate surface area is 136 Å². The first-order chi connectivity index (χ1) is 11.4. The summed E-state index contributed by atoms with van der Waals surface area (Å²) in [6, 6.07) is 7.72. The smallest absolute Gasteiger partial charge is 0.224 e. The summed E-state index contributed by atoms with van der Waals surface area (Å²) in [5.74, 6) is 1.43. The van der Waals surface area contributed by atoms with E-state index < -0.39 is 0 Å². The van der Waals surface area contributed by atoms with Gasteiger partial charge in [-0.2, -0.15) is 4.98 Å². The molecule has 0 unspecified atom stereocenters. The number of nitrogens with zero attached hydrogens (tertiary/aromatic N) is 4. The lowest BCUT2D eigenvalue weighted by atomic mass is 10.3. The third kappa shape index (κ3) is 5.15. The molecule has 0 aliphatic carbocycles. The molecule has 0 atom stereocenters. The Morgan fingerprint density at radius 2 is 1.96 bits per heavy atom. The summed E-state index contributed by atoms with van der Waals surface area (Å²) in [5.41, 5.74) is 0.980. The Balaban J connectivity index is 1.45. The lowest BCUT2D eigenvalue weighted by Crippen LogP contribution is -2.39. The molecule has 1 aliphatic rings. The first-order valence-electron chi connectivity index (χ1n) is 7.91. The third-order valence-electron chi connectivity index (χ3n) is 3.65. The largest absolute Gasteiger partial charge is 0.379 e. The topological polar surface area (TPSA) is 75.2 Å². The van der Waals surface area contributed by atoms with Crippen LogP contribution in [0, 0.1) is 0 Å². The molecule has 3 heterocycles. The molecule has 2 aromatic rings. The van der Waals surface area contributed by atoms with Crippen LogP contribution in [0.15, 0.2) is 36.7 Å². The van der Waals surface area contributed by atoms with Gasteiger partial charge in [-0.25, -0.2) is 4.98 Å². The summed E-state index contributed by atoms with van der Waals surface area (Å²) >= 11 is 0. The standard InChI is InChI=1S/C16H22N6O/c1-2-5-17-14(3-1)13-20-15-4-6-18-16(21-15)19-7-8-22-9-11-23-12-10-22/h1-6H,7-13H2,(H2,18,19,20,21). The molecule has 2 aromatic heterocycles. The SMILES string of the molecule is c1ccc(CNc2ccnc(NCCN3CCOCC3)n2)nc1. The molecule has 1 saturated heterocycles. The second kappa shape index (κ2) is 8.40. The van der Waals surface area contributed by atoms with Crippen LogP contribution in [0.2, 0.25) is 0 Å². The van der Waals surface area contributed by atoms with E-state index in [2.05, 4.69) is 30.5 Å². The molecule has 3 rings (SSSR count). The number of pyridine rings is 1. The van der Waals surface area contributed by atoms with Gasteiger partial charge >= 0.3 is 0 Å². The van der Waals surface area contributed by atoms with Crippen molar-refractivity contribution in [3.05, 3.63) is 42.4 Å². The van der Waals surface area contributed by atoms with Crippen molar-refractivity contribution >= 4 is 11.8 Å². The molecule has 122 valence electrons. The number of anilines is 2. The summed E-state index contributed by atoms with van der Waals surface area (Å²) in [6.07, 6.45) is 3.54. The molecule has 0 spiro atoms. The normalized spacial score (nSPS) is 15.3. The number of nitrogens with one attached hydrogen (secondary N) is 2. The maximum atomic E-state index is 5.34. The van der Waals surface area contributed by atoms with Crippen molar-refractivity contribution in [3.8, 4) is 0 Å². The molecule has 0 bridgehead atoms. The van der Waals surface area contributed by atoms with E-state index in [9.17, 15) is 0 Å². The van der Waals surface area contributed by atoms with E-state index in [4.69, 9.17) is 4.74 Å². The summed E-state index contributed by atoms with van der Waals surface area (Å²) in [6.45, 7) is 6.07. The fourth-order valence-electron chi connectivity index (χ4n) is 2.38. The van der Waals surface area contributed by atoms with Crippen molar-refractivity contribution in [2.45, 2.75) is 6.54 Å². The van der Waals surface area contributed by atoms with E-state index in [1.54, 1.807) is 12.4 Å². The van der Waals surface area contributed by atoms with Crippen molar-refractivity contribution in [2.24, 2.45) is 0 Å². The summed E-state index contributed by atoms with van der Waals surface area (Å²) in [4.78, 5) is 15.4. The number of ether oxygens (including phenoxy) is 1. The van der Waals surface area contributed by atoms with Gasteiger partial charge in [0.2, 0.25) is 5.95 Å². The second-order valence-corrected chi connectivity index (χ2v) is 5.32. The van der Waals surface area contributed by atoms with Crippen molar-refractivity contribution in [1.82, 2.24) is 19.9 Å². The Bertz CT molecular complexity index is 588. The van der Waals surface area contributed by atoms with Crippen LogP contribution in [0.5, 0.6) is 0 Å². The van der Waals surface area contributed by atoms with E-state index in [0.29, 0.717) is 12.5 Å². The van der Waals surface area contributed by atoms with Crippen molar-refractivity contribution in [3.63, 3.8) is 0 Å². The number of hydrogen-bond donors (Lipinski definition) is 2. The molecule has 23 heavy (non-hydrogen) atoms. The lowest BCUT2D eigenvalue weighted by molar-refractivity contribution is 0.0398. The first-order valence-corrected chi connectivity index (χ1v) is 7.91. The first kappa shape index (κ1) is 15.6. The van der Waals surface area contributed by atoms with Gasteiger partial charge in [-0.05, 0) is 18.2 Å². The highest BCUT2D eigenvalue weighted by molar-refractivity contribution is 5.39. The Morgan fingerprint density at radius 3 is 2.78 bits per heavy atom. The molecular weight excluding hydrogens is 292 g/mol. The van der Waals surface area contributed by atoms with E-state index in [1.807, 2.05) is 24.3 Å². The highest BCUT2D eigenvalue weighted by atomic mass is 16.5. The molecular formula is C16H22N6O. The quantitative estimate of drug-likeness (QED) is 0.796. The number of hydrogen-bond acceptors (Lipinski definition) is 7. The zero-order valence-corrected chi connectivity index (χ0v) is 13.1. The summed E-state index contributed by atoms with van der Waals surface area (Å²) < 4.78 is 5.34. The van der Waals surface area contributed by atoms with Gasteiger partial charge in [-0.3, -0.25) is 9.88 Å². The van der Waals surface area contributed by atoms with Crippen LogP contribution in [0.25, 0.3) is 0 Å². The second-order valence-electron chi connectivity index (χ2n) is 5.32. The van der Waals surface area contributed by atoms with Gasteiger partial charge in [0.25, 0.3) is 0 Å². The molecule has 0 aromatic carbocycles. The van der Waals surface area contributed by atoms with Gasteiger partial charge in [-0.15, -0.1) is 0 Å². The van der Waals surface area contributed by atoms with Crippen LogP contribution >= 0.6 is 0 Å². The monoisotopic (exact) mass is 314 g/mol. The minimum absolute atomic E-state index is 0.643. The van der Waals surface area contributed by atoms with Crippen LogP contribution in [0.3, 0.4) is 0 Å². The van der Waals surface area contributed by atoms with Gasteiger partial charge in [0.1, 0.15) is 5.82 Å². The van der Waals surface area contributed by atoms with E-state index >= 15 is 0 Å². The molecule has 2 N–H and O–H groups in total. The average molecular weight is 314 g/mol. The molecule has 7 heteroatoms.